The van der Waals surface area contributed by atoms with Gasteiger partial charge in [0.2, 0.25) is 17.6 Å². The highest BCUT2D eigenvalue weighted by atomic mass is 79.9. The molecule has 1 saturated heterocycles. The summed E-state index contributed by atoms with van der Waals surface area (Å²) >= 11 is 13.0. The fourth-order valence-corrected chi connectivity index (χ4v) is 7.16. The number of rotatable bonds is 7. The number of alkyl halides is 2. The molecule has 2 aliphatic rings. The predicted molar refractivity (Wildman–Crippen MR) is 174 cm³/mol. The molecular formula is C32H22Br2ClN3O7. The third-order valence-corrected chi connectivity index (χ3v) is 11.1. The second-order valence-corrected chi connectivity index (χ2v) is 13.5. The van der Waals surface area contributed by atoms with Gasteiger partial charge < -0.3 is 4.74 Å². The number of aromatic nitrogens is 1. The standard InChI is InChI=1S/C32H22Br2ClN3O7/c33-23-12-20-21(13-24(23)34)31(41)37(30(20)40)18-8-5-16(6-9-18)27-14-22(19-3-1-2-4-26(19)36-27)32(42)45-15-29(39)17-7-10-25(35)28(11-17)38(43)44/h1-11,14,20-21,23-24H,12-13,15H2. The predicted octanol–water partition coefficient (Wildman–Crippen LogP) is 6.93. The summed E-state index contributed by atoms with van der Waals surface area (Å²) in [7, 11) is 0. The average Bonchev–Trinajstić information content (AvgIpc) is 3.27. The lowest BCUT2D eigenvalue weighted by molar-refractivity contribution is -0.384. The van der Waals surface area contributed by atoms with Gasteiger partial charge in [-0.1, -0.05) is 73.8 Å². The summed E-state index contributed by atoms with van der Waals surface area (Å²) < 4.78 is 5.34. The van der Waals surface area contributed by atoms with Crippen molar-refractivity contribution in [3.63, 3.8) is 0 Å². The van der Waals surface area contributed by atoms with Crippen LogP contribution < -0.4 is 4.90 Å². The van der Waals surface area contributed by atoms with Gasteiger partial charge in [-0.3, -0.25) is 29.4 Å². The quantitative estimate of drug-likeness (QED) is 0.0495. The SMILES string of the molecule is O=C(COC(=O)c1cc(-c2ccc(N3C(=O)C4CC(Br)C(Br)CC4C3=O)cc2)nc2ccccc12)c1ccc(Cl)c([N+](=O)[O-])c1. The van der Waals surface area contributed by atoms with E-state index in [0.29, 0.717) is 40.7 Å². The van der Waals surface area contributed by atoms with E-state index in [1.807, 2.05) is 0 Å². The molecular weight excluding hydrogens is 734 g/mol. The third kappa shape index (κ3) is 5.89. The molecule has 2 fully saturated rings. The molecule has 228 valence electrons. The van der Waals surface area contributed by atoms with Crippen LogP contribution in [-0.4, -0.2) is 49.7 Å². The second kappa shape index (κ2) is 12.4. The zero-order valence-electron chi connectivity index (χ0n) is 23.2. The van der Waals surface area contributed by atoms with Gasteiger partial charge in [0.1, 0.15) is 5.02 Å². The Morgan fingerprint density at radius 3 is 2.24 bits per heavy atom. The highest BCUT2D eigenvalue weighted by Gasteiger charge is 2.52. The van der Waals surface area contributed by atoms with Crippen molar-refractivity contribution in [1.29, 1.82) is 0 Å². The van der Waals surface area contributed by atoms with Crippen LogP contribution in [0.4, 0.5) is 11.4 Å². The molecule has 0 spiro atoms. The van der Waals surface area contributed by atoms with Crippen molar-refractivity contribution >= 4 is 89.3 Å². The summed E-state index contributed by atoms with van der Waals surface area (Å²) in [6, 6.07) is 18.9. The van der Waals surface area contributed by atoms with Crippen LogP contribution in [0.5, 0.6) is 0 Å². The topological polar surface area (TPSA) is 137 Å². The third-order valence-electron chi connectivity index (χ3n) is 8.07. The fourth-order valence-electron chi connectivity index (χ4n) is 5.74. The largest absolute Gasteiger partial charge is 0.454 e. The van der Waals surface area contributed by atoms with E-state index in [1.165, 1.54) is 17.0 Å². The number of esters is 1. The van der Waals surface area contributed by atoms with Crippen LogP contribution in [0.3, 0.4) is 0 Å². The minimum Gasteiger partial charge on any atom is -0.454 e. The number of amides is 2. The van der Waals surface area contributed by atoms with Gasteiger partial charge in [0.25, 0.3) is 5.69 Å². The Hall–Kier alpha value is -4.00. The molecule has 2 amide bonds. The number of halogens is 3. The van der Waals surface area contributed by atoms with Gasteiger partial charge in [-0.15, -0.1) is 0 Å². The van der Waals surface area contributed by atoms with Crippen LogP contribution in [-0.2, 0) is 14.3 Å². The first-order valence-electron chi connectivity index (χ1n) is 13.8. The van der Waals surface area contributed by atoms with E-state index in [-0.39, 0.29) is 49.5 Å². The summed E-state index contributed by atoms with van der Waals surface area (Å²) in [6.45, 7) is -0.649. The van der Waals surface area contributed by atoms with Crippen molar-refractivity contribution in [2.24, 2.45) is 11.8 Å². The van der Waals surface area contributed by atoms with Crippen molar-refractivity contribution in [2.45, 2.75) is 22.5 Å². The molecule has 0 N–H and O–H groups in total. The Bertz CT molecular complexity index is 1870. The monoisotopic (exact) mass is 753 g/mol. The highest BCUT2D eigenvalue weighted by molar-refractivity contribution is 9.12. The lowest BCUT2D eigenvalue weighted by atomic mass is 9.81. The molecule has 1 saturated carbocycles. The number of nitrogens with zero attached hydrogens (tertiary/aromatic N) is 3. The molecule has 6 rings (SSSR count). The number of para-hydroxylation sites is 1. The molecule has 45 heavy (non-hydrogen) atoms. The van der Waals surface area contributed by atoms with Gasteiger partial charge in [0.05, 0.1) is 39.2 Å². The average molecular weight is 756 g/mol. The minimum absolute atomic E-state index is 0.0208. The summed E-state index contributed by atoms with van der Waals surface area (Å²) in [6.07, 6.45) is 1.15. The molecule has 13 heteroatoms. The number of nitro groups is 1. The molecule has 0 radical (unpaired) electrons. The number of hydrogen-bond acceptors (Lipinski definition) is 8. The first-order valence-corrected chi connectivity index (χ1v) is 16.0. The summed E-state index contributed by atoms with van der Waals surface area (Å²) in [5, 5.41) is 11.6. The molecule has 4 unspecified atom stereocenters. The van der Waals surface area contributed by atoms with Crippen LogP contribution in [0.2, 0.25) is 5.02 Å². The molecule has 1 aromatic heterocycles. The van der Waals surface area contributed by atoms with E-state index in [0.717, 1.165) is 6.07 Å². The van der Waals surface area contributed by atoms with Crippen molar-refractivity contribution in [3.05, 3.63) is 99.1 Å². The van der Waals surface area contributed by atoms with Crippen molar-refractivity contribution in [1.82, 2.24) is 4.98 Å². The maximum Gasteiger partial charge on any atom is 0.339 e. The molecule has 1 aliphatic heterocycles. The van der Waals surface area contributed by atoms with Crippen LogP contribution in [0.15, 0.2) is 72.8 Å². The maximum absolute atomic E-state index is 13.3. The highest BCUT2D eigenvalue weighted by Crippen LogP contribution is 2.44. The number of benzene rings is 3. The number of imide groups is 1. The number of carbonyl (C=O) groups is 4. The molecule has 4 aromatic rings. The van der Waals surface area contributed by atoms with Gasteiger partial charge in [-0.05, 0) is 49.2 Å². The Morgan fingerprint density at radius 1 is 0.956 bits per heavy atom. The number of ketones is 1. The number of Topliss-reactive ketones (excluding diaryl/α,β-unsaturated/α-hetero) is 1. The van der Waals surface area contributed by atoms with Crippen LogP contribution in [0.25, 0.3) is 22.2 Å². The molecule has 3 aromatic carbocycles. The molecule has 2 heterocycles. The van der Waals surface area contributed by atoms with Crippen molar-refractivity contribution in [2.75, 3.05) is 11.5 Å². The maximum atomic E-state index is 13.3. The van der Waals surface area contributed by atoms with Gasteiger partial charge in [0.15, 0.2) is 6.61 Å². The normalized spacial score (nSPS) is 21.1. The number of nitro benzene ring substituents is 1. The van der Waals surface area contributed by atoms with Crippen LogP contribution in [0.1, 0.15) is 33.6 Å². The lowest BCUT2D eigenvalue weighted by Gasteiger charge is -2.29. The molecule has 4 atom stereocenters. The van der Waals surface area contributed by atoms with Crippen molar-refractivity contribution < 1.29 is 28.8 Å². The Labute approximate surface area is 278 Å². The number of ether oxygens (including phenoxy) is 1. The smallest absolute Gasteiger partial charge is 0.339 e. The molecule has 0 bridgehead atoms. The Kier molecular flexibility index (Phi) is 8.55. The van der Waals surface area contributed by atoms with E-state index in [2.05, 4.69) is 36.8 Å². The van der Waals surface area contributed by atoms with Gasteiger partial charge in [-0.2, -0.15) is 0 Å². The molecule has 1 aliphatic carbocycles. The Morgan fingerprint density at radius 2 is 1.60 bits per heavy atom. The van der Waals surface area contributed by atoms with Crippen molar-refractivity contribution in [3.8, 4) is 11.3 Å². The number of hydrogen-bond donors (Lipinski definition) is 0. The zero-order valence-corrected chi connectivity index (χ0v) is 27.1. The van der Waals surface area contributed by atoms with Gasteiger partial charge in [-0.25, -0.2) is 9.78 Å². The summed E-state index contributed by atoms with van der Waals surface area (Å²) in [5.74, 6) is -2.58. The van der Waals surface area contributed by atoms with Gasteiger partial charge in [0, 0.05) is 32.2 Å². The zero-order chi connectivity index (χ0) is 32.0. The van der Waals surface area contributed by atoms with Crippen LogP contribution in [0, 0.1) is 22.0 Å². The second-order valence-electron chi connectivity index (χ2n) is 10.8. The first-order chi connectivity index (χ1) is 21.5. The van der Waals surface area contributed by atoms with E-state index < -0.39 is 29.0 Å². The lowest BCUT2D eigenvalue weighted by Crippen LogP contribution is -2.34. The number of pyridine rings is 1. The summed E-state index contributed by atoms with van der Waals surface area (Å²) in [4.78, 5) is 69.1. The van der Waals surface area contributed by atoms with E-state index in [1.54, 1.807) is 54.6 Å². The minimum atomic E-state index is -0.783. The van der Waals surface area contributed by atoms with E-state index in [4.69, 9.17) is 16.3 Å². The number of carbonyl (C=O) groups excluding carboxylic acids is 4. The van der Waals surface area contributed by atoms with E-state index in [9.17, 15) is 29.3 Å². The number of anilines is 1. The van der Waals surface area contributed by atoms with E-state index >= 15 is 0 Å². The summed E-state index contributed by atoms with van der Waals surface area (Å²) in [5.41, 5.74) is 1.74. The van der Waals surface area contributed by atoms with Gasteiger partial charge >= 0.3 is 5.97 Å². The first kappa shape index (κ1) is 31.0. The number of fused-ring (bicyclic) bond motifs is 2. The van der Waals surface area contributed by atoms with Crippen LogP contribution >= 0.6 is 43.5 Å². The Balaban J connectivity index is 1.24. The fraction of sp³-hybridized carbons (Fsp3) is 0.219. The molecule has 10 nitrogen and oxygen atoms in total.